The molecule has 1 saturated heterocycles. The summed E-state index contributed by atoms with van der Waals surface area (Å²) in [6, 6.07) is 13.3. The van der Waals surface area contributed by atoms with Crippen molar-refractivity contribution in [3.8, 4) is 0 Å². The Morgan fingerprint density at radius 3 is 2.70 bits per heavy atom. The summed E-state index contributed by atoms with van der Waals surface area (Å²) in [7, 11) is 0. The summed E-state index contributed by atoms with van der Waals surface area (Å²) in [4.78, 5) is 30.1. The molecular weight excluding hydrogens is 342 g/mol. The van der Waals surface area contributed by atoms with Crippen molar-refractivity contribution < 1.29 is 14.7 Å². The first-order chi connectivity index (χ1) is 13.0. The molecule has 2 unspecified atom stereocenters. The number of nitrogens with zero attached hydrogens (tertiary/aromatic N) is 2. The number of carbonyl (C=O) groups excluding carboxylic acids is 1. The molecule has 6 nitrogen and oxygen atoms in total. The van der Waals surface area contributed by atoms with Gasteiger partial charge in [-0.05, 0) is 43.9 Å². The molecule has 2 heterocycles. The Hall–Kier alpha value is -2.89. The molecule has 2 atom stereocenters. The smallest absolute Gasteiger partial charge is 0.317 e. The number of hydrogen-bond acceptors (Lipinski definition) is 3. The minimum absolute atomic E-state index is 0.233. The number of aryl methyl sites for hydroxylation is 1. The van der Waals surface area contributed by atoms with Crippen molar-refractivity contribution >= 4 is 12.0 Å². The van der Waals surface area contributed by atoms with E-state index >= 15 is 0 Å². The van der Waals surface area contributed by atoms with Gasteiger partial charge in [0.05, 0.1) is 17.7 Å². The van der Waals surface area contributed by atoms with Crippen LogP contribution in [0.15, 0.2) is 48.7 Å². The number of pyridine rings is 1. The van der Waals surface area contributed by atoms with E-state index < -0.39 is 11.9 Å². The van der Waals surface area contributed by atoms with Gasteiger partial charge in [-0.25, -0.2) is 4.79 Å². The van der Waals surface area contributed by atoms with Crippen molar-refractivity contribution in [2.45, 2.75) is 32.2 Å². The highest BCUT2D eigenvalue weighted by atomic mass is 16.4. The highest BCUT2D eigenvalue weighted by molar-refractivity contribution is 5.77. The van der Waals surface area contributed by atoms with Crippen LogP contribution in [-0.4, -0.2) is 40.1 Å². The van der Waals surface area contributed by atoms with Crippen LogP contribution in [0.2, 0.25) is 0 Å². The summed E-state index contributed by atoms with van der Waals surface area (Å²) < 4.78 is 0. The van der Waals surface area contributed by atoms with Gasteiger partial charge >= 0.3 is 12.0 Å². The number of piperidine rings is 1. The molecule has 0 radical (unpaired) electrons. The Labute approximate surface area is 159 Å². The fourth-order valence-corrected chi connectivity index (χ4v) is 3.38. The van der Waals surface area contributed by atoms with Crippen molar-refractivity contribution in [1.29, 1.82) is 0 Å². The average Bonchev–Trinajstić information content (AvgIpc) is 2.70. The van der Waals surface area contributed by atoms with E-state index in [0.29, 0.717) is 25.8 Å². The third kappa shape index (κ3) is 5.06. The molecule has 1 fully saturated rings. The normalized spacial score (nSPS) is 18.0. The lowest BCUT2D eigenvalue weighted by molar-refractivity contribution is -0.143. The Balaban J connectivity index is 1.73. The van der Waals surface area contributed by atoms with Gasteiger partial charge in [0.25, 0.3) is 0 Å². The van der Waals surface area contributed by atoms with Crippen LogP contribution in [0, 0.1) is 12.8 Å². The number of aromatic nitrogens is 1. The zero-order valence-electron chi connectivity index (χ0n) is 15.5. The van der Waals surface area contributed by atoms with Gasteiger partial charge in [0.2, 0.25) is 0 Å². The van der Waals surface area contributed by atoms with Crippen molar-refractivity contribution in [2.75, 3.05) is 13.1 Å². The zero-order valence-corrected chi connectivity index (χ0v) is 15.5. The highest BCUT2D eigenvalue weighted by Gasteiger charge is 2.29. The number of aliphatic carboxylic acids is 1. The quantitative estimate of drug-likeness (QED) is 0.850. The van der Waals surface area contributed by atoms with Gasteiger partial charge in [-0.15, -0.1) is 0 Å². The van der Waals surface area contributed by atoms with Crippen LogP contribution in [0.3, 0.4) is 0 Å². The first-order valence-electron chi connectivity index (χ1n) is 9.27. The van der Waals surface area contributed by atoms with Crippen molar-refractivity contribution in [3.63, 3.8) is 0 Å². The molecule has 0 saturated carbocycles. The number of benzene rings is 1. The summed E-state index contributed by atoms with van der Waals surface area (Å²) >= 11 is 0. The fourth-order valence-electron chi connectivity index (χ4n) is 3.38. The van der Waals surface area contributed by atoms with Crippen molar-refractivity contribution in [1.82, 2.24) is 15.2 Å². The average molecular weight is 367 g/mol. The lowest BCUT2D eigenvalue weighted by Crippen LogP contribution is -2.48. The van der Waals surface area contributed by atoms with E-state index in [2.05, 4.69) is 34.6 Å². The SMILES string of the molecule is Cc1ccc(CC(NC(=O)N2CCCC(C(=O)O)C2)c2ccccn2)cc1. The summed E-state index contributed by atoms with van der Waals surface area (Å²) in [6.07, 6.45) is 3.66. The molecule has 1 aliphatic heterocycles. The standard InChI is InChI=1S/C21H25N3O3/c1-15-7-9-16(10-8-15)13-19(18-6-2-3-11-22-18)23-21(27)24-12-4-5-17(14-24)20(25)26/h2-3,6-11,17,19H,4-5,12-14H2,1H3,(H,23,27)(H,25,26). The first-order valence-corrected chi connectivity index (χ1v) is 9.27. The number of hydrogen-bond donors (Lipinski definition) is 2. The Bertz CT molecular complexity index is 777. The Morgan fingerprint density at radius 2 is 2.04 bits per heavy atom. The maximum atomic E-state index is 12.8. The molecule has 3 rings (SSSR count). The van der Waals surface area contributed by atoms with Gasteiger partial charge in [-0.3, -0.25) is 9.78 Å². The van der Waals surface area contributed by atoms with Gasteiger partial charge < -0.3 is 15.3 Å². The summed E-state index contributed by atoms with van der Waals surface area (Å²) in [5.41, 5.74) is 3.09. The van der Waals surface area contributed by atoms with Crippen LogP contribution in [-0.2, 0) is 11.2 Å². The number of carboxylic acid groups (broad SMARTS) is 1. The number of rotatable bonds is 5. The maximum Gasteiger partial charge on any atom is 0.317 e. The largest absolute Gasteiger partial charge is 0.481 e. The van der Waals surface area contributed by atoms with Crippen LogP contribution in [0.5, 0.6) is 0 Å². The van der Waals surface area contributed by atoms with E-state index in [1.807, 2.05) is 25.1 Å². The van der Waals surface area contributed by atoms with Gasteiger partial charge in [0.15, 0.2) is 0 Å². The van der Waals surface area contributed by atoms with E-state index in [0.717, 1.165) is 11.3 Å². The van der Waals surface area contributed by atoms with Crippen LogP contribution in [0.25, 0.3) is 0 Å². The molecule has 2 aromatic rings. The fraction of sp³-hybridized carbons (Fsp3) is 0.381. The first kappa shape index (κ1) is 18.9. The van der Waals surface area contributed by atoms with E-state index in [1.165, 1.54) is 5.56 Å². The van der Waals surface area contributed by atoms with Gasteiger partial charge in [0, 0.05) is 19.3 Å². The second-order valence-corrected chi connectivity index (χ2v) is 7.07. The topological polar surface area (TPSA) is 82.5 Å². The van der Waals surface area contributed by atoms with Crippen molar-refractivity contribution in [2.24, 2.45) is 5.92 Å². The van der Waals surface area contributed by atoms with Gasteiger partial charge in [0.1, 0.15) is 0 Å². The number of urea groups is 1. The highest BCUT2D eigenvalue weighted by Crippen LogP contribution is 2.20. The van der Waals surface area contributed by atoms with Crippen LogP contribution in [0.4, 0.5) is 4.79 Å². The van der Waals surface area contributed by atoms with Gasteiger partial charge in [-0.1, -0.05) is 35.9 Å². The number of carboxylic acids is 1. The Kier molecular flexibility index (Phi) is 6.06. The maximum absolute atomic E-state index is 12.8. The molecular formula is C21H25N3O3. The molecule has 2 amide bonds. The summed E-state index contributed by atoms with van der Waals surface area (Å²) in [5.74, 6) is -1.33. The number of nitrogens with one attached hydrogen (secondary N) is 1. The predicted octanol–water partition coefficient (Wildman–Crippen LogP) is 3.18. The minimum Gasteiger partial charge on any atom is -0.481 e. The second kappa shape index (κ2) is 8.66. The third-order valence-electron chi connectivity index (χ3n) is 4.96. The monoisotopic (exact) mass is 367 g/mol. The van der Waals surface area contributed by atoms with Crippen molar-refractivity contribution in [3.05, 3.63) is 65.5 Å². The zero-order chi connectivity index (χ0) is 19.2. The second-order valence-electron chi connectivity index (χ2n) is 7.07. The number of carbonyl (C=O) groups is 2. The Morgan fingerprint density at radius 1 is 1.26 bits per heavy atom. The van der Waals surface area contributed by atoms with E-state index in [4.69, 9.17) is 0 Å². The number of likely N-dealkylation sites (tertiary alicyclic amines) is 1. The molecule has 0 spiro atoms. The molecule has 0 aliphatic carbocycles. The summed E-state index contributed by atoms with van der Waals surface area (Å²) in [6.45, 7) is 2.87. The molecule has 2 N–H and O–H groups in total. The lowest BCUT2D eigenvalue weighted by atomic mass is 9.98. The van der Waals surface area contributed by atoms with Gasteiger partial charge in [-0.2, -0.15) is 0 Å². The van der Waals surface area contributed by atoms with Crippen LogP contribution >= 0.6 is 0 Å². The van der Waals surface area contributed by atoms with E-state index in [-0.39, 0.29) is 18.6 Å². The number of amides is 2. The molecule has 27 heavy (non-hydrogen) atoms. The molecule has 0 bridgehead atoms. The van der Waals surface area contributed by atoms with Crippen LogP contribution in [0.1, 0.15) is 35.7 Å². The molecule has 1 aliphatic rings. The molecule has 1 aromatic carbocycles. The van der Waals surface area contributed by atoms with E-state index in [1.54, 1.807) is 11.1 Å². The van der Waals surface area contributed by atoms with E-state index in [9.17, 15) is 14.7 Å². The molecule has 142 valence electrons. The predicted molar refractivity (Wildman–Crippen MR) is 102 cm³/mol. The summed E-state index contributed by atoms with van der Waals surface area (Å²) in [5, 5.41) is 12.3. The minimum atomic E-state index is -0.839. The molecule has 6 heteroatoms. The molecule has 1 aromatic heterocycles. The lowest BCUT2D eigenvalue weighted by Gasteiger charge is -2.32. The van der Waals surface area contributed by atoms with Crippen LogP contribution < -0.4 is 5.32 Å². The third-order valence-corrected chi connectivity index (χ3v) is 4.96.